The van der Waals surface area contributed by atoms with Crippen molar-refractivity contribution in [2.75, 3.05) is 18.5 Å². The maximum Gasteiger partial charge on any atom is 0.251 e. The molecule has 0 radical (unpaired) electrons. The molecule has 0 spiro atoms. The second-order valence-corrected chi connectivity index (χ2v) is 6.31. The molecule has 4 nitrogen and oxygen atoms in total. The van der Waals surface area contributed by atoms with Gasteiger partial charge in [0.05, 0.1) is 6.61 Å². The summed E-state index contributed by atoms with van der Waals surface area (Å²) in [6, 6.07) is 14.7. The van der Waals surface area contributed by atoms with Crippen LogP contribution in [0.2, 0.25) is 0 Å². The van der Waals surface area contributed by atoms with Crippen molar-refractivity contribution in [2.45, 2.75) is 32.2 Å². The van der Waals surface area contributed by atoms with E-state index in [0.717, 1.165) is 30.5 Å². The number of aliphatic hydroxyl groups excluding tert-OH is 1. The smallest absolute Gasteiger partial charge is 0.251 e. The fraction of sp³-hybridized carbons (Fsp3) is 0.350. The Morgan fingerprint density at radius 3 is 2.75 bits per heavy atom. The van der Waals surface area contributed by atoms with Crippen LogP contribution in [0.15, 0.2) is 42.5 Å². The first-order valence-electron chi connectivity index (χ1n) is 8.51. The molecule has 2 aromatic carbocycles. The molecule has 0 aromatic heterocycles. The number of carbonyl (C=O) groups excluding carboxylic acids is 1. The minimum Gasteiger partial charge on any atom is -0.395 e. The van der Waals surface area contributed by atoms with Crippen molar-refractivity contribution < 1.29 is 9.90 Å². The summed E-state index contributed by atoms with van der Waals surface area (Å²) in [6.45, 7) is 2.19. The summed E-state index contributed by atoms with van der Waals surface area (Å²) in [5.74, 6) is -0.140. The van der Waals surface area contributed by atoms with Crippen molar-refractivity contribution in [2.24, 2.45) is 0 Å². The van der Waals surface area contributed by atoms with Crippen molar-refractivity contribution >= 4 is 11.6 Å². The van der Waals surface area contributed by atoms with E-state index in [1.807, 2.05) is 25.1 Å². The van der Waals surface area contributed by atoms with Crippen LogP contribution in [-0.2, 0) is 12.8 Å². The highest BCUT2D eigenvalue weighted by molar-refractivity contribution is 5.97. The normalized spacial score (nSPS) is 16.3. The number of fused-ring (bicyclic) bond motifs is 1. The van der Waals surface area contributed by atoms with Crippen molar-refractivity contribution in [3.05, 3.63) is 64.7 Å². The first-order chi connectivity index (χ1) is 11.7. The third-order valence-corrected chi connectivity index (χ3v) is 4.68. The zero-order chi connectivity index (χ0) is 16.9. The topological polar surface area (TPSA) is 61.4 Å². The van der Waals surface area contributed by atoms with Crippen LogP contribution >= 0.6 is 0 Å². The van der Waals surface area contributed by atoms with E-state index in [-0.39, 0.29) is 19.1 Å². The van der Waals surface area contributed by atoms with Crippen LogP contribution in [0, 0.1) is 6.92 Å². The summed E-state index contributed by atoms with van der Waals surface area (Å²) < 4.78 is 0. The molecule has 0 heterocycles. The van der Waals surface area contributed by atoms with Crippen LogP contribution in [-0.4, -0.2) is 30.2 Å². The van der Waals surface area contributed by atoms with Crippen LogP contribution in [0.1, 0.15) is 33.5 Å². The Balaban J connectivity index is 1.73. The SMILES string of the molecule is Cc1c(NC2CCc3ccccc3C2)cccc1C(=O)NCCO. The second kappa shape index (κ2) is 7.49. The maximum atomic E-state index is 12.2. The van der Waals surface area contributed by atoms with Crippen LogP contribution in [0.3, 0.4) is 0 Å². The molecule has 0 saturated carbocycles. The molecule has 1 aliphatic carbocycles. The lowest BCUT2D eigenvalue weighted by Gasteiger charge is -2.27. The largest absolute Gasteiger partial charge is 0.395 e. The lowest BCUT2D eigenvalue weighted by molar-refractivity contribution is 0.0944. The highest BCUT2D eigenvalue weighted by Gasteiger charge is 2.19. The molecule has 3 N–H and O–H groups in total. The van der Waals surface area contributed by atoms with Gasteiger partial charge < -0.3 is 15.7 Å². The average molecular weight is 324 g/mol. The minimum atomic E-state index is -0.140. The standard InChI is InChI=1S/C20H24N2O2/c1-14-18(20(24)21-11-12-23)7-4-8-19(14)22-17-10-9-15-5-2-3-6-16(15)13-17/h2-8,17,22-23H,9-13H2,1H3,(H,21,24). The Hall–Kier alpha value is -2.33. The predicted molar refractivity (Wildman–Crippen MR) is 96.5 cm³/mol. The number of benzene rings is 2. The van der Waals surface area contributed by atoms with Gasteiger partial charge in [-0.05, 0) is 55.0 Å². The molecule has 0 bridgehead atoms. The van der Waals surface area contributed by atoms with Crippen molar-refractivity contribution in [1.82, 2.24) is 5.32 Å². The molecule has 0 saturated heterocycles. The molecule has 0 fully saturated rings. The van der Waals surface area contributed by atoms with Gasteiger partial charge in [-0.2, -0.15) is 0 Å². The molecule has 1 amide bonds. The van der Waals surface area contributed by atoms with Gasteiger partial charge in [0.25, 0.3) is 5.91 Å². The molecular formula is C20H24N2O2. The number of amides is 1. The third-order valence-electron chi connectivity index (χ3n) is 4.68. The fourth-order valence-corrected chi connectivity index (χ4v) is 3.34. The summed E-state index contributed by atoms with van der Waals surface area (Å²) in [7, 11) is 0. The molecule has 1 atom stereocenters. The molecule has 3 rings (SSSR count). The van der Waals surface area contributed by atoms with Gasteiger partial charge in [-0.1, -0.05) is 30.3 Å². The zero-order valence-electron chi connectivity index (χ0n) is 14.0. The van der Waals surface area contributed by atoms with E-state index in [9.17, 15) is 4.79 Å². The Kier molecular flexibility index (Phi) is 5.16. The summed E-state index contributed by atoms with van der Waals surface area (Å²) in [5.41, 5.74) is 5.48. The highest BCUT2D eigenvalue weighted by Crippen LogP contribution is 2.26. The number of aliphatic hydroxyl groups is 1. The van der Waals surface area contributed by atoms with Gasteiger partial charge in [0.15, 0.2) is 0 Å². The first kappa shape index (κ1) is 16.5. The lowest BCUT2D eigenvalue weighted by atomic mass is 9.88. The predicted octanol–water partition coefficient (Wildman–Crippen LogP) is 2.69. The van der Waals surface area contributed by atoms with E-state index in [4.69, 9.17) is 5.11 Å². The zero-order valence-corrected chi connectivity index (χ0v) is 14.0. The van der Waals surface area contributed by atoms with Crippen LogP contribution in [0.25, 0.3) is 0 Å². The van der Waals surface area contributed by atoms with Crippen LogP contribution in [0.4, 0.5) is 5.69 Å². The Morgan fingerprint density at radius 1 is 1.17 bits per heavy atom. The van der Waals surface area contributed by atoms with Crippen molar-refractivity contribution in [3.8, 4) is 0 Å². The number of hydrogen-bond donors (Lipinski definition) is 3. The number of rotatable bonds is 5. The summed E-state index contributed by atoms with van der Waals surface area (Å²) in [5, 5.41) is 15.2. The number of aryl methyl sites for hydroxylation is 1. The molecule has 0 aliphatic heterocycles. The van der Waals surface area contributed by atoms with E-state index in [1.165, 1.54) is 11.1 Å². The molecule has 4 heteroatoms. The van der Waals surface area contributed by atoms with Gasteiger partial charge in [-0.15, -0.1) is 0 Å². The molecule has 1 aliphatic rings. The van der Waals surface area contributed by atoms with E-state index >= 15 is 0 Å². The van der Waals surface area contributed by atoms with Crippen molar-refractivity contribution in [3.63, 3.8) is 0 Å². The summed E-state index contributed by atoms with van der Waals surface area (Å²) in [6.07, 6.45) is 3.19. The van der Waals surface area contributed by atoms with Gasteiger partial charge in [-0.3, -0.25) is 4.79 Å². The van der Waals surface area contributed by atoms with Gasteiger partial charge in [-0.25, -0.2) is 0 Å². The molecular weight excluding hydrogens is 300 g/mol. The minimum absolute atomic E-state index is 0.0514. The molecule has 24 heavy (non-hydrogen) atoms. The Labute approximate surface area is 142 Å². The average Bonchev–Trinajstić information content (AvgIpc) is 2.61. The van der Waals surface area contributed by atoms with Crippen molar-refractivity contribution in [1.29, 1.82) is 0 Å². The summed E-state index contributed by atoms with van der Waals surface area (Å²) >= 11 is 0. The van der Waals surface area contributed by atoms with Crippen LogP contribution < -0.4 is 10.6 Å². The Bertz CT molecular complexity index is 727. The van der Waals surface area contributed by atoms with E-state index in [2.05, 4.69) is 34.9 Å². The van der Waals surface area contributed by atoms with Gasteiger partial charge in [0.1, 0.15) is 0 Å². The van der Waals surface area contributed by atoms with Gasteiger partial charge >= 0.3 is 0 Å². The van der Waals surface area contributed by atoms with E-state index < -0.39 is 0 Å². The maximum absolute atomic E-state index is 12.2. The van der Waals surface area contributed by atoms with Gasteiger partial charge in [0, 0.05) is 23.8 Å². The monoisotopic (exact) mass is 324 g/mol. The number of carbonyl (C=O) groups is 1. The first-order valence-corrected chi connectivity index (χ1v) is 8.51. The molecule has 126 valence electrons. The lowest BCUT2D eigenvalue weighted by Crippen LogP contribution is -2.29. The fourth-order valence-electron chi connectivity index (χ4n) is 3.34. The number of hydrogen-bond acceptors (Lipinski definition) is 3. The second-order valence-electron chi connectivity index (χ2n) is 6.31. The van der Waals surface area contributed by atoms with Crippen LogP contribution in [0.5, 0.6) is 0 Å². The summed E-state index contributed by atoms with van der Waals surface area (Å²) in [4.78, 5) is 12.2. The van der Waals surface area contributed by atoms with Gasteiger partial charge in [0.2, 0.25) is 0 Å². The quantitative estimate of drug-likeness (QED) is 0.792. The van der Waals surface area contributed by atoms with E-state index in [1.54, 1.807) is 0 Å². The third kappa shape index (κ3) is 3.60. The Morgan fingerprint density at radius 2 is 1.96 bits per heavy atom. The molecule has 1 unspecified atom stereocenters. The highest BCUT2D eigenvalue weighted by atomic mass is 16.3. The number of nitrogens with one attached hydrogen (secondary N) is 2. The molecule has 2 aromatic rings. The van der Waals surface area contributed by atoms with E-state index in [0.29, 0.717) is 11.6 Å². The number of anilines is 1.